The average Bonchev–Trinajstić information content (AvgIpc) is 2.49. The normalized spacial score (nSPS) is 16.6. The molecular weight excluding hydrogens is 238 g/mol. The molecule has 3 nitrogen and oxygen atoms in total. The van der Waals surface area contributed by atoms with E-state index in [2.05, 4.69) is 42.5 Å². The Morgan fingerprint density at radius 1 is 1.00 bits per heavy atom. The molecule has 100 valence electrons. The Kier molecular flexibility index (Phi) is 3.96. The van der Waals surface area contributed by atoms with E-state index in [9.17, 15) is 0 Å². The molecule has 1 fully saturated rings. The van der Waals surface area contributed by atoms with Crippen molar-refractivity contribution in [2.75, 3.05) is 39.5 Å². The predicted octanol–water partition coefficient (Wildman–Crippen LogP) is 1.13. The van der Waals surface area contributed by atoms with Gasteiger partial charge in [-0.15, -0.1) is 0 Å². The summed E-state index contributed by atoms with van der Waals surface area (Å²) in [6.45, 7) is 5.76. The minimum atomic E-state index is 0.767. The lowest BCUT2D eigenvalue weighted by Gasteiger charge is -2.23. The minimum Gasteiger partial charge on any atom is -0.487 e. The zero-order chi connectivity index (χ0) is 12.9. The van der Waals surface area contributed by atoms with E-state index in [1.165, 1.54) is 10.8 Å². The van der Waals surface area contributed by atoms with Gasteiger partial charge in [0.1, 0.15) is 32.0 Å². The van der Waals surface area contributed by atoms with Gasteiger partial charge in [-0.25, -0.2) is 0 Å². The molecule has 3 rings (SSSR count). The van der Waals surface area contributed by atoms with Crippen molar-refractivity contribution in [3.8, 4) is 5.75 Å². The lowest BCUT2D eigenvalue weighted by Crippen LogP contribution is -3.14. The van der Waals surface area contributed by atoms with Gasteiger partial charge in [0.25, 0.3) is 0 Å². The van der Waals surface area contributed by atoms with Gasteiger partial charge in [-0.2, -0.15) is 0 Å². The quantitative estimate of drug-likeness (QED) is 0.888. The Bertz CT molecular complexity index is 530. The van der Waals surface area contributed by atoms with E-state index in [4.69, 9.17) is 9.47 Å². The van der Waals surface area contributed by atoms with Gasteiger partial charge in [0, 0.05) is 5.39 Å². The molecule has 0 unspecified atom stereocenters. The summed E-state index contributed by atoms with van der Waals surface area (Å²) in [7, 11) is 0. The second-order valence-electron chi connectivity index (χ2n) is 4.94. The van der Waals surface area contributed by atoms with E-state index in [0.717, 1.165) is 45.2 Å². The summed E-state index contributed by atoms with van der Waals surface area (Å²) < 4.78 is 11.3. The van der Waals surface area contributed by atoms with Gasteiger partial charge in [0.15, 0.2) is 0 Å². The van der Waals surface area contributed by atoms with Crippen LogP contribution in [0.2, 0.25) is 0 Å². The van der Waals surface area contributed by atoms with Crippen molar-refractivity contribution in [2.45, 2.75) is 0 Å². The largest absolute Gasteiger partial charge is 0.487 e. The summed E-state index contributed by atoms with van der Waals surface area (Å²) in [5.74, 6) is 0.991. The first-order valence-electron chi connectivity index (χ1n) is 6.95. The number of morpholine rings is 1. The molecule has 0 radical (unpaired) electrons. The van der Waals surface area contributed by atoms with Crippen LogP contribution in [0.25, 0.3) is 10.8 Å². The third kappa shape index (κ3) is 3.06. The van der Waals surface area contributed by atoms with E-state index in [1.807, 2.05) is 0 Å². The molecule has 0 saturated carbocycles. The topological polar surface area (TPSA) is 22.9 Å². The Morgan fingerprint density at radius 2 is 1.79 bits per heavy atom. The van der Waals surface area contributed by atoms with Crippen molar-refractivity contribution < 1.29 is 14.4 Å². The number of rotatable bonds is 4. The molecule has 0 atom stereocenters. The summed E-state index contributed by atoms with van der Waals surface area (Å²) >= 11 is 0. The smallest absolute Gasteiger partial charge is 0.137 e. The Morgan fingerprint density at radius 3 is 2.68 bits per heavy atom. The number of hydrogen-bond acceptors (Lipinski definition) is 2. The Hall–Kier alpha value is -1.58. The lowest BCUT2D eigenvalue weighted by atomic mass is 10.1. The maximum atomic E-state index is 5.96. The summed E-state index contributed by atoms with van der Waals surface area (Å²) in [6, 6.07) is 14.6. The van der Waals surface area contributed by atoms with Crippen molar-refractivity contribution in [3.63, 3.8) is 0 Å². The van der Waals surface area contributed by atoms with E-state index in [1.54, 1.807) is 4.90 Å². The highest BCUT2D eigenvalue weighted by Crippen LogP contribution is 2.24. The summed E-state index contributed by atoms with van der Waals surface area (Å²) in [4.78, 5) is 1.58. The van der Waals surface area contributed by atoms with Crippen molar-refractivity contribution in [3.05, 3.63) is 42.5 Å². The first-order valence-corrected chi connectivity index (χ1v) is 6.95. The van der Waals surface area contributed by atoms with Crippen LogP contribution in [-0.4, -0.2) is 39.5 Å². The molecule has 19 heavy (non-hydrogen) atoms. The maximum Gasteiger partial charge on any atom is 0.137 e. The molecule has 1 N–H and O–H groups in total. The fourth-order valence-electron chi connectivity index (χ4n) is 2.54. The molecule has 0 bridgehead atoms. The van der Waals surface area contributed by atoms with Crippen LogP contribution < -0.4 is 9.64 Å². The minimum absolute atomic E-state index is 0.767. The van der Waals surface area contributed by atoms with Gasteiger partial charge >= 0.3 is 0 Å². The third-order valence-corrected chi connectivity index (χ3v) is 3.66. The molecule has 0 amide bonds. The number of quaternary nitrogens is 1. The number of nitrogens with one attached hydrogen (secondary N) is 1. The van der Waals surface area contributed by atoms with Crippen LogP contribution in [0.15, 0.2) is 42.5 Å². The standard InChI is InChI=1S/C16H19NO2/c1-2-6-15-14(4-1)5-3-7-16(15)19-13-10-17-8-11-18-12-9-17/h1-7H,8-13H2/p+1. The lowest BCUT2D eigenvalue weighted by molar-refractivity contribution is -0.908. The molecule has 0 spiro atoms. The molecule has 2 aromatic carbocycles. The molecule has 1 aliphatic rings. The number of hydrogen-bond donors (Lipinski definition) is 1. The van der Waals surface area contributed by atoms with E-state index in [0.29, 0.717) is 0 Å². The van der Waals surface area contributed by atoms with Crippen LogP contribution in [0.3, 0.4) is 0 Å². The summed E-state index contributed by atoms with van der Waals surface area (Å²) in [5, 5.41) is 2.43. The third-order valence-electron chi connectivity index (χ3n) is 3.66. The zero-order valence-corrected chi connectivity index (χ0v) is 11.1. The van der Waals surface area contributed by atoms with Gasteiger partial charge in [0.05, 0.1) is 13.2 Å². The van der Waals surface area contributed by atoms with E-state index < -0.39 is 0 Å². The maximum absolute atomic E-state index is 5.96. The molecule has 1 aliphatic heterocycles. The molecule has 2 aromatic rings. The van der Waals surface area contributed by atoms with E-state index in [-0.39, 0.29) is 0 Å². The Labute approximate surface area is 113 Å². The van der Waals surface area contributed by atoms with Crippen LogP contribution in [0.4, 0.5) is 0 Å². The SMILES string of the molecule is c1ccc2c(OCC[NH+]3CCOCC3)cccc2c1. The first kappa shape index (κ1) is 12.5. The highest BCUT2D eigenvalue weighted by atomic mass is 16.5. The van der Waals surface area contributed by atoms with Gasteiger partial charge in [-0.05, 0) is 11.5 Å². The fourth-order valence-corrected chi connectivity index (χ4v) is 2.54. The second kappa shape index (κ2) is 6.04. The zero-order valence-electron chi connectivity index (χ0n) is 11.1. The number of benzene rings is 2. The van der Waals surface area contributed by atoms with Crippen LogP contribution in [0.1, 0.15) is 0 Å². The molecular formula is C16H20NO2+. The van der Waals surface area contributed by atoms with Crippen molar-refractivity contribution in [2.24, 2.45) is 0 Å². The molecule has 1 saturated heterocycles. The van der Waals surface area contributed by atoms with Crippen LogP contribution in [0.5, 0.6) is 5.75 Å². The summed E-state index contributed by atoms with van der Waals surface area (Å²) in [5.41, 5.74) is 0. The van der Waals surface area contributed by atoms with Crippen LogP contribution in [0, 0.1) is 0 Å². The van der Waals surface area contributed by atoms with Crippen LogP contribution >= 0.6 is 0 Å². The van der Waals surface area contributed by atoms with Gasteiger partial charge in [0.2, 0.25) is 0 Å². The second-order valence-corrected chi connectivity index (χ2v) is 4.94. The number of fused-ring (bicyclic) bond motifs is 1. The predicted molar refractivity (Wildman–Crippen MR) is 75.8 cm³/mol. The highest BCUT2D eigenvalue weighted by Gasteiger charge is 2.13. The van der Waals surface area contributed by atoms with Crippen molar-refractivity contribution in [1.29, 1.82) is 0 Å². The summed E-state index contributed by atoms with van der Waals surface area (Å²) in [6.07, 6.45) is 0. The number of ether oxygens (including phenoxy) is 2. The van der Waals surface area contributed by atoms with Gasteiger partial charge < -0.3 is 14.4 Å². The monoisotopic (exact) mass is 258 g/mol. The highest BCUT2D eigenvalue weighted by molar-refractivity contribution is 5.88. The van der Waals surface area contributed by atoms with Crippen molar-refractivity contribution >= 4 is 10.8 Å². The van der Waals surface area contributed by atoms with Crippen LogP contribution in [-0.2, 0) is 4.74 Å². The Balaban J connectivity index is 1.62. The first-order chi connectivity index (χ1) is 9.43. The van der Waals surface area contributed by atoms with Crippen molar-refractivity contribution in [1.82, 2.24) is 0 Å². The fraction of sp³-hybridized carbons (Fsp3) is 0.375. The van der Waals surface area contributed by atoms with Gasteiger partial charge in [-0.3, -0.25) is 0 Å². The molecule has 3 heteroatoms. The average molecular weight is 258 g/mol. The van der Waals surface area contributed by atoms with Gasteiger partial charge in [-0.1, -0.05) is 36.4 Å². The molecule has 1 heterocycles. The van der Waals surface area contributed by atoms with E-state index >= 15 is 0 Å². The molecule has 0 aliphatic carbocycles. The molecule has 0 aromatic heterocycles.